The predicted molar refractivity (Wildman–Crippen MR) is 105 cm³/mol. The minimum Gasteiger partial charge on any atom is -0.459 e. The minimum absolute atomic E-state index is 0.0137. The maximum Gasteiger partial charge on any atom is 0.173 e. The van der Waals surface area contributed by atoms with E-state index < -0.39 is 0 Å². The van der Waals surface area contributed by atoms with Crippen LogP contribution in [0.3, 0.4) is 0 Å². The van der Waals surface area contributed by atoms with Gasteiger partial charge in [-0.25, -0.2) is 0 Å². The van der Waals surface area contributed by atoms with Gasteiger partial charge in [-0.3, -0.25) is 0 Å². The largest absolute Gasteiger partial charge is 0.459 e. The third-order valence-electron chi connectivity index (χ3n) is 3.93. The van der Waals surface area contributed by atoms with Crippen molar-refractivity contribution in [3.8, 4) is 0 Å². The topological polar surface area (TPSA) is 28.4 Å². The van der Waals surface area contributed by atoms with E-state index in [4.69, 9.17) is 39.8 Å². The van der Waals surface area contributed by atoms with Crippen LogP contribution in [-0.4, -0.2) is 17.1 Å². The van der Waals surface area contributed by atoms with E-state index in [1.54, 1.807) is 12.1 Å². The molecule has 0 spiro atoms. The number of fused-ring (bicyclic) bond motifs is 1. The number of benzene rings is 2. The Kier molecular flexibility index (Phi) is 4.99. The third-order valence-corrected chi connectivity index (χ3v) is 5.06. The third kappa shape index (κ3) is 3.51. The van der Waals surface area contributed by atoms with Gasteiger partial charge in [0.25, 0.3) is 0 Å². The van der Waals surface area contributed by atoms with Gasteiger partial charge in [-0.2, -0.15) is 0 Å². The lowest BCUT2D eigenvalue weighted by Gasteiger charge is -2.26. The highest BCUT2D eigenvalue weighted by Gasteiger charge is 2.18. The van der Waals surface area contributed by atoms with Gasteiger partial charge in [-0.05, 0) is 49.5 Å². The number of para-hydroxylation sites is 1. The number of anilines is 1. The van der Waals surface area contributed by atoms with E-state index >= 15 is 0 Å². The summed E-state index contributed by atoms with van der Waals surface area (Å²) in [6.45, 7) is 2.04. The van der Waals surface area contributed by atoms with Crippen LogP contribution in [0.1, 0.15) is 18.7 Å². The first-order chi connectivity index (χ1) is 11.5. The zero-order chi connectivity index (χ0) is 17.3. The highest BCUT2D eigenvalue weighted by molar-refractivity contribution is 7.80. The van der Waals surface area contributed by atoms with Crippen molar-refractivity contribution in [3.63, 3.8) is 0 Å². The Morgan fingerprint density at radius 2 is 1.88 bits per heavy atom. The Hall–Kier alpha value is -1.75. The Labute approximate surface area is 156 Å². The first-order valence-electron chi connectivity index (χ1n) is 7.43. The molecule has 24 heavy (non-hydrogen) atoms. The van der Waals surface area contributed by atoms with E-state index in [9.17, 15) is 0 Å². The normalized spacial score (nSPS) is 12.2. The zero-order valence-corrected chi connectivity index (χ0v) is 15.5. The van der Waals surface area contributed by atoms with Crippen LogP contribution in [0.4, 0.5) is 5.69 Å². The fourth-order valence-corrected chi connectivity index (χ4v) is 2.93. The molecule has 2 aromatic carbocycles. The van der Waals surface area contributed by atoms with Crippen LogP contribution in [0.5, 0.6) is 0 Å². The summed E-state index contributed by atoms with van der Waals surface area (Å²) in [5, 5.41) is 5.81. The number of halogens is 2. The van der Waals surface area contributed by atoms with Crippen LogP contribution in [0.2, 0.25) is 10.0 Å². The Bertz CT molecular complexity index is 861. The van der Waals surface area contributed by atoms with Crippen LogP contribution < -0.4 is 5.32 Å². The number of nitrogens with one attached hydrogen (secondary N) is 1. The molecule has 124 valence electrons. The average Bonchev–Trinajstić information content (AvgIpc) is 3.01. The van der Waals surface area contributed by atoms with Crippen LogP contribution in [0.15, 0.2) is 52.9 Å². The second kappa shape index (κ2) is 7.01. The monoisotopic (exact) mass is 378 g/mol. The van der Waals surface area contributed by atoms with E-state index in [2.05, 4.69) is 5.32 Å². The molecule has 0 aliphatic heterocycles. The van der Waals surface area contributed by atoms with Crippen molar-refractivity contribution in [2.24, 2.45) is 0 Å². The summed E-state index contributed by atoms with van der Waals surface area (Å²) < 4.78 is 5.92. The molecule has 1 heterocycles. The van der Waals surface area contributed by atoms with E-state index in [-0.39, 0.29) is 6.04 Å². The molecule has 0 unspecified atom stereocenters. The van der Waals surface area contributed by atoms with E-state index in [0.29, 0.717) is 15.2 Å². The standard InChI is InChI=1S/C18H16Cl2N2OS/c1-11(17-9-12-5-3-4-6-16(12)23-17)22(2)18(24)21-13-7-8-14(19)15(20)10-13/h3-11H,1-2H3,(H,21,24)/t11-/m1/s1. The van der Waals surface area contributed by atoms with Crippen LogP contribution >= 0.6 is 35.4 Å². The van der Waals surface area contributed by atoms with Crippen LogP contribution in [0, 0.1) is 0 Å². The molecule has 3 nitrogen and oxygen atoms in total. The zero-order valence-electron chi connectivity index (χ0n) is 13.2. The summed E-state index contributed by atoms with van der Waals surface area (Å²) in [7, 11) is 1.92. The number of thiocarbonyl (C=S) groups is 1. The summed E-state index contributed by atoms with van der Waals surface area (Å²) in [5.74, 6) is 0.858. The molecule has 0 fully saturated rings. The van der Waals surface area contributed by atoms with Gasteiger partial charge in [-0.15, -0.1) is 0 Å². The van der Waals surface area contributed by atoms with Gasteiger partial charge in [0.05, 0.1) is 16.1 Å². The fourth-order valence-electron chi connectivity index (χ4n) is 2.36. The Morgan fingerprint density at radius 1 is 1.12 bits per heavy atom. The molecule has 6 heteroatoms. The van der Waals surface area contributed by atoms with Crippen molar-refractivity contribution in [1.29, 1.82) is 0 Å². The van der Waals surface area contributed by atoms with E-state index in [1.807, 2.05) is 55.3 Å². The number of nitrogens with zero attached hydrogens (tertiary/aromatic N) is 1. The maximum absolute atomic E-state index is 6.04. The number of hydrogen-bond acceptors (Lipinski definition) is 2. The minimum atomic E-state index is -0.0137. The first kappa shape index (κ1) is 17.1. The van der Waals surface area contributed by atoms with E-state index in [1.165, 1.54) is 0 Å². The van der Waals surface area contributed by atoms with Crippen molar-refractivity contribution in [2.75, 3.05) is 12.4 Å². The molecule has 0 bridgehead atoms. The Morgan fingerprint density at radius 3 is 2.58 bits per heavy atom. The quantitative estimate of drug-likeness (QED) is 0.554. The molecular formula is C18H16Cl2N2OS. The van der Waals surface area contributed by atoms with Gasteiger partial charge in [0.1, 0.15) is 11.3 Å². The van der Waals surface area contributed by atoms with Crippen LogP contribution in [-0.2, 0) is 0 Å². The van der Waals surface area contributed by atoms with Crippen molar-refractivity contribution < 1.29 is 4.42 Å². The molecular weight excluding hydrogens is 363 g/mol. The second-order valence-corrected chi connectivity index (χ2v) is 6.73. The molecule has 0 radical (unpaired) electrons. The lowest BCUT2D eigenvalue weighted by molar-refractivity contribution is 0.348. The summed E-state index contributed by atoms with van der Waals surface area (Å²) in [4.78, 5) is 1.94. The van der Waals surface area contributed by atoms with Crippen molar-refractivity contribution >= 4 is 57.2 Å². The molecule has 3 aromatic rings. The van der Waals surface area contributed by atoms with Crippen molar-refractivity contribution in [2.45, 2.75) is 13.0 Å². The molecule has 0 saturated heterocycles. The molecule has 3 rings (SSSR count). The SMILES string of the molecule is C[C@H](c1cc2ccccc2o1)N(C)C(=S)Nc1ccc(Cl)c(Cl)c1. The highest BCUT2D eigenvalue weighted by Crippen LogP contribution is 2.28. The predicted octanol–water partition coefficient (Wildman–Crippen LogP) is 6.13. The van der Waals surface area contributed by atoms with Crippen LogP contribution in [0.25, 0.3) is 11.0 Å². The van der Waals surface area contributed by atoms with Gasteiger partial charge in [0.15, 0.2) is 5.11 Å². The van der Waals surface area contributed by atoms with E-state index in [0.717, 1.165) is 22.4 Å². The highest BCUT2D eigenvalue weighted by atomic mass is 35.5. The summed E-state index contributed by atoms with van der Waals surface area (Å²) in [6, 6.07) is 15.3. The summed E-state index contributed by atoms with van der Waals surface area (Å²) in [5.41, 5.74) is 1.66. The van der Waals surface area contributed by atoms with Gasteiger partial charge in [-0.1, -0.05) is 41.4 Å². The Balaban J connectivity index is 1.75. The second-order valence-electron chi connectivity index (χ2n) is 5.53. The van der Waals surface area contributed by atoms with Crippen molar-refractivity contribution in [1.82, 2.24) is 4.90 Å². The molecule has 1 atom stereocenters. The molecule has 0 amide bonds. The van der Waals surface area contributed by atoms with Gasteiger partial charge in [0, 0.05) is 18.1 Å². The molecule has 1 N–H and O–H groups in total. The molecule has 1 aromatic heterocycles. The van der Waals surface area contributed by atoms with Gasteiger partial charge < -0.3 is 14.6 Å². The lowest BCUT2D eigenvalue weighted by atomic mass is 10.2. The van der Waals surface area contributed by atoms with Gasteiger partial charge in [0.2, 0.25) is 0 Å². The molecule has 0 aliphatic carbocycles. The summed E-state index contributed by atoms with van der Waals surface area (Å²) in [6.07, 6.45) is 0. The maximum atomic E-state index is 6.04. The fraction of sp³-hybridized carbons (Fsp3) is 0.167. The first-order valence-corrected chi connectivity index (χ1v) is 8.59. The molecule has 0 saturated carbocycles. The number of hydrogen-bond donors (Lipinski definition) is 1. The summed E-state index contributed by atoms with van der Waals surface area (Å²) >= 11 is 17.5. The molecule has 0 aliphatic rings. The lowest BCUT2D eigenvalue weighted by Crippen LogP contribution is -2.33. The number of rotatable bonds is 3. The smallest absolute Gasteiger partial charge is 0.173 e. The average molecular weight is 379 g/mol. The van der Waals surface area contributed by atoms with Gasteiger partial charge >= 0.3 is 0 Å². The number of furan rings is 1. The van der Waals surface area contributed by atoms with Crippen molar-refractivity contribution in [3.05, 3.63) is 64.3 Å².